The third kappa shape index (κ3) is 7.81. The summed E-state index contributed by atoms with van der Waals surface area (Å²) in [6.45, 7) is -0.927. The number of aliphatic carboxylic acids is 2. The molecule has 2 aromatic rings. The van der Waals surface area contributed by atoms with Crippen molar-refractivity contribution < 1.29 is 48.5 Å². The van der Waals surface area contributed by atoms with Gasteiger partial charge in [0, 0.05) is 5.56 Å². The van der Waals surface area contributed by atoms with E-state index in [2.05, 4.69) is 25.7 Å². The number of benzene rings is 2. The molecule has 3 atom stereocenters. The maximum absolute atomic E-state index is 13.2. The summed E-state index contributed by atoms with van der Waals surface area (Å²) in [5, 5.41) is 25.5. The first-order valence-electron chi connectivity index (χ1n) is 12.3. The lowest BCUT2D eigenvalue weighted by Crippen LogP contribution is -2.52. The van der Waals surface area contributed by atoms with Crippen molar-refractivity contribution in [3.63, 3.8) is 0 Å². The molecule has 0 bridgehead atoms. The Hall–Kier alpha value is -6.00. The Labute approximate surface area is 242 Å². The number of carbonyl (C=O) groups excluding carboxylic acids is 5. The highest BCUT2D eigenvalue weighted by molar-refractivity contribution is 6.08. The van der Waals surface area contributed by atoms with Crippen LogP contribution in [-0.4, -0.2) is 82.4 Å². The molecule has 1 aliphatic rings. The molecule has 2 aromatic carbocycles. The molecule has 0 aliphatic carbocycles. The van der Waals surface area contributed by atoms with Gasteiger partial charge in [-0.2, -0.15) is 0 Å². The minimum Gasteiger partial charge on any atom is -0.481 e. The number of nitrogens with two attached hydrogens (primary N) is 2. The van der Waals surface area contributed by atoms with E-state index in [0.29, 0.717) is 4.90 Å². The number of imide groups is 1. The number of methoxy groups -OCH3 is 1. The van der Waals surface area contributed by atoms with Gasteiger partial charge in [0.15, 0.2) is 12.0 Å². The fourth-order valence-electron chi connectivity index (χ4n) is 4.09. The van der Waals surface area contributed by atoms with Crippen LogP contribution in [0, 0.1) is 0 Å². The molecule has 1 unspecified atom stereocenters. The summed E-state index contributed by atoms with van der Waals surface area (Å²) in [7, 11) is 1.15. The minimum atomic E-state index is -1.76. The standard InChI is InChI=1S/C26H27N7O10/c1-43-24(41)13-7-8-14(15(9-13)30-25(27)28)20-22(38)33(26(42)32-20)11-17(34)29-16(10-18(35)36)21(37)31-19(23(39)40)12-5-3-2-4-6-12/h2-9,16,19-20H,10-11H2,1H3,(H,29,34)(H,31,37)(H,32,42)(H,35,36)(H,39,40)(H4,27,28,30)/t16-,19-,20?/m0/s1. The largest absolute Gasteiger partial charge is 0.481 e. The van der Waals surface area contributed by atoms with Crippen LogP contribution in [-0.2, 0) is 28.7 Å². The van der Waals surface area contributed by atoms with Gasteiger partial charge < -0.3 is 42.4 Å². The van der Waals surface area contributed by atoms with Crippen molar-refractivity contribution in [2.75, 3.05) is 13.7 Å². The van der Waals surface area contributed by atoms with Crippen LogP contribution in [0.5, 0.6) is 0 Å². The van der Waals surface area contributed by atoms with E-state index in [1.54, 1.807) is 6.07 Å². The van der Waals surface area contributed by atoms with Gasteiger partial charge in [-0.1, -0.05) is 36.4 Å². The van der Waals surface area contributed by atoms with Gasteiger partial charge in [0.2, 0.25) is 11.8 Å². The topological polar surface area (TPSA) is 273 Å². The number of nitrogens with one attached hydrogen (secondary N) is 3. The third-order valence-electron chi connectivity index (χ3n) is 6.04. The second kappa shape index (κ2) is 13.6. The summed E-state index contributed by atoms with van der Waals surface area (Å²) in [6.07, 6.45) is -0.935. The van der Waals surface area contributed by atoms with E-state index in [1.807, 2.05) is 0 Å². The van der Waals surface area contributed by atoms with Gasteiger partial charge in [0.25, 0.3) is 5.91 Å². The number of carbonyl (C=O) groups is 7. The number of amides is 5. The van der Waals surface area contributed by atoms with Crippen LogP contribution in [0.2, 0.25) is 0 Å². The van der Waals surface area contributed by atoms with E-state index >= 15 is 0 Å². The Kier molecular flexibility index (Phi) is 9.95. The molecule has 1 fully saturated rings. The van der Waals surface area contributed by atoms with Gasteiger partial charge in [0.05, 0.1) is 24.8 Å². The summed E-state index contributed by atoms with van der Waals surface area (Å²) in [4.78, 5) is 90.9. The van der Waals surface area contributed by atoms with Crippen molar-refractivity contribution in [3.8, 4) is 0 Å². The zero-order chi connectivity index (χ0) is 31.8. The first-order chi connectivity index (χ1) is 20.3. The maximum atomic E-state index is 13.2. The monoisotopic (exact) mass is 597 g/mol. The van der Waals surface area contributed by atoms with Crippen molar-refractivity contribution in [1.29, 1.82) is 0 Å². The van der Waals surface area contributed by atoms with Crippen molar-refractivity contribution in [2.45, 2.75) is 24.5 Å². The Morgan fingerprint density at radius 1 is 1.05 bits per heavy atom. The van der Waals surface area contributed by atoms with Crippen LogP contribution in [0.3, 0.4) is 0 Å². The van der Waals surface area contributed by atoms with Crippen molar-refractivity contribution >= 4 is 53.3 Å². The minimum absolute atomic E-state index is 0.0411. The molecule has 0 aromatic heterocycles. The first kappa shape index (κ1) is 31.5. The van der Waals surface area contributed by atoms with E-state index in [-0.39, 0.29) is 22.4 Å². The second-order valence-electron chi connectivity index (χ2n) is 9.02. The Morgan fingerprint density at radius 3 is 2.30 bits per heavy atom. The lowest BCUT2D eigenvalue weighted by atomic mass is 10.0. The fourth-order valence-corrected chi connectivity index (χ4v) is 4.09. The highest BCUT2D eigenvalue weighted by atomic mass is 16.5. The zero-order valence-electron chi connectivity index (χ0n) is 22.5. The fraction of sp³-hybridized carbons (Fsp3) is 0.231. The van der Waals surface area contributed by atoms with Gasteiger partial charge in [-0.15, -0.1) is 0 Å². The number of aliphatic imine (C=N–C) groups is 1. The van der Waals surface area contributed by atoms with E-state index in [4.69, 9.17) is 11.5 Å². The van der Waals surface area contributed by atoms with E-state index in [9.17, 15) is 43.8 Å². The Balaban J connectivity index is 1.78. The number of nitrogens with zero attached hydrogens (tertiary/aromatic N) is 2. The predicted molar refractivity (Wildman–Crippen MR) is 145 cm³/mol. The van der Waals surface area contributed by atoms with Crippen molar-refractivity contribution in [1.82, 2.24) is 20.9 Å². The molecular weight excluding hydrogens is 570 g/mol. The molecule has 226 valence electrons. The summed E-state index contributed by atoms with van der Waals surface area (Å²) in [5.74, 6) is -7.23. The van der Waals surface area contributed by atoms with E-state index in [1.165, 1.54) is 42.5 Å². The summed E-state index contributed by atoms with van der Waals surface area (Å²) >= 11 is 0. The Morgan fingerprint density at radius 2 is 1.72 bits per heavy atom. The highest BCUT2D eigenvalue weighted by Gasteiger charge is 2.41. The van der Waals surface area contributed by atoms with E-state index < -0.39 is 78.7 Å². The number of rotatable bonds is 12. The third-order valence-corrected chi connectivity index (χ3v) is 6.04. The summed E-state index contributed by atoms with van der Waals surface area (Å²) in [5.41, 5.74) is 11.2. The van der Waals surface area contributed by atoms with Crippen LogP contribution in [0.1, 0.15) is 40.0 Å². The number of carboxylic acids is 2. The molecule has 0 radical (unpaired) electrons. The molecule has 17 nitrogen and oxygen atoms in total. The quantitative estimate of drug-likeness (QED) is 0.0663. The van der Waals surface area contributed by atoms with Crippen LogP contribution >= 0.6 is 0 Å². The number of carboxylic acid groups (broad SMARTS) is 2. The predicted octanol–water partition coefficient (Wildman–Crippen LogP) is -1.13. The zero-order valence-corrected chi connectivity index (χ0v) is 22.5. The number of ether oxygens (including phenoxy) is 1. The molecule has 0 spiro atoms. The molecule has 17 heteroatoms. The van der Waals surface area contributed by atoms with Gasteiger partial charge in [0.1, 0.15) is 18.6 Å². The molecule has 5 amide bonds. The SMILES string of the molecule is COC(=O)c1ccc(C2NC(=O)N(CC(=O)N[C@@H](CC(=O)O)C(=O)N[C@H](C(=O)O)c3ccccc3)C2=O)c(N=C(N)N)c1. The second-order valence-corrected chi connectivity index (χ2v) is 9.02. The molecule has 0 saturated carbocycles. The van der Waals surface area contributed by atoms with Gasteiger partial charge in [-0.3, -0.25) is 24.1 Å². The van der Waals surface area contributed by atoms with Crippen LogP contribution in [0.25, 0.3) is 0 Å². The average Bonchev–Trinajstić information content (AvgIpc) is 3.22. The molecule has 3 rings (SSSR count). The lowest BCUT2D eigenvalue weighted by molar-refractivity contribution is -0.143. The number of hydrogen-bond donors (Lipinski definition) is 7. The van der Waals surface area contributed by atoms with Crippen molar-refractivity contribution in [2.24, 2.45) is 16.5 Å². The first-order valence-corrected chi connectivity index (χ1v) is 12.3. The lowest BCUT2D eigenvalue weighted by Gasteiger charge is -2.21. The summed E-state index contributed by atoms with van der Waals surface area (Å²) < 4.78 is 4.65. The maximum Gasteiger partial charge on any atom is 0.337 e. The molecular formula is C26H27N7O10. The normalized spacial score (nSPS) is 15.5. The Bertz CT molecular complexity index is 1490. The average molecular weight is 598 g/mol. The van der Waals surface area contributed by atoms with Crippen LogP contribution in [0.15, 0.2) is 53.5 Å². The number of urea groups is 1. The molecule has 1 heterocycles. The summed E-state index contributed by atoms with van der Waals surface area (Å²) in [6, 6.07) is 5.68. The number of esters is 1. The van der Waals surface area contributed by atoms with Crippen LogP contribution < -0.4 is 27.4 Å². The van der Waals surface area contributed by atoms with Gasteiger partial charge >= 0.3 is 23.9 Å². The van der Waals surface area contributed by atoms with Crippen molar-refractivity contribution in [3.05, 3.63) is 65.2 Å². The number of hydrogen-bond acceptors (Lipinski definition) is 9. The smallest absolute Gasteiger partial charge is 0.337 e. The highest BCUT2D eigenvalue weighted by Crippen LogP contribution is 2.31. The molecule has 43 heavy (non-hydrogen) atoms. The van der Waals surface area contributed by atoms with Gasteiger partial charge in [-0.25, -0.2) is 19.4 Å². The van der Waals surface area contributed by atoms with Crippen LogP contribution in [0.4, 0.5) is 10.5 Å². The molecule has 1 aliphatic heterocycles. The van der Waals surface area contributed by atoms with Gasteiger partial charge in [-0.05, 0) is 17.7 Å². The molecule has 1 saturated heterocycles. The molecule has 9 N–H and O–H groups in total. The number of guanidine groups is 1. The van der Waals surface area contributed by atoms with E-state index in [0.717, 1.165) is 7.11 Å².